The second-order valence-corrected chi connectivity index (χ2v) is 6.97. The molecule has 2 N–H and O–H groups in total. The molecular formula is C22H26N2O4. The Hall–Kier alpha value is -3.02. The molecule has 6 heteroatoms. The molecular weight excluding hydrogens is 356 g/mol. The Balaban J connectivity index is 1.37. The predicted octanol–water partition coefficient (Wildman–Crippen LogP) is 4.15. The van der Waals surface area contributed by atoms with Gasteiger partial charge in [0.2, 0.25) is 0 Å². The number of hydrogen-bond acceptors (Lipinski definition) is 4. The summed E-state index contributed by atoms with van der Waals surface area (Å²) in [6, 6.07) is 19.1. The maximum atomic E-state index is 12.0. The summed E-state index contributed by atoms with van der Waals surface area (Å²) in [5.41, 5.74) is 1.89. The molecule has 28 heavy (non-hydrogen) atoms. The standard InChI is InChI=1S/C22H26N2O4/c25-21(27-15-17-8-3-1-4-9-17)23-19-12-7-13-20(14-19)24-22(26)28-16-18-10-5-2-6-11-18/h1-6,8-11,19-20H,7,12-16H2,(H,23,25)(H,24,26). The van der Waals surface area contributed by atoms with Gasteiger partial charge in [-0.3, -0.25) is 0 Å². The van der Waals surface area contributed by atoms with E-state index in [0.717, 1.165) is 30.4 Å². The number of carbonyl (C=O) groups is 2. The van der Waals surface area contributed by atoms with Gasteiger partial charge in [0.1, 0.15) is 13.2 Å². The molecule has 0 aromatic heterocycles. The molecule has 0 saturated heterocycles. The van der Waals surface area contributed by atoms with Crippen LogP contribution < -0.4 is 10.6 Å². The van der Waals surface area contributed by atoms with Gasteiger partial charge in [-0.2, -0.15) is 0 Å². The fourth-order valence-electron chi connectivity index (χ4n) is 3.31. The minimum Gasteiger partial charge on any atom is -0.445 e. The van der Waals surface area contributed by atoms with Gasteiger partial charge in [-0.05, 0) is 36.8 Å². The molecule has 0 bridgehead atoms. The van der Waals surface area contributed by atoms with E-state index in [4.69, 9.17) is 9.47 Å². The van der Waals surface area contributed by atoms with Crippen LogP contribution >= 0.6 is 0 Å². The number of carbonyl (C=O) groups excluding carboxylic acids is 2. The Morgan fingerprint density at radius 3 is 1.61 bits per heavy atom. The van der Waals surface area contributed by atoms with E-state index in [1.807, 2.05) is 60.7 Å². The Morgan fingerprint density at radius 1 is 0.750 bits per heavy atom. The molecule has 0 radical (unpaired) electrons. The second-order valence-electron chi connectivity index (χ2n) is 6.97. The highest BCUT2D eigenvalue weighted by molar-refractivity contribution is 5.68. The summed E-state index contributed by atoms with van der Waals surface area (Å²) in [6.45, 7) is 0.486. The van der Waals surface area contributed by atoms with Crippen LogP contribution in [0.5, 0.6) is 0 Å². The molecule has 2 amide bonds. The van der Waals surface area contributed by atoms with Crippen LogP contribution in [-0.2, 0) is 22.7 Å². The van der Waals surface area contributed by atoms with E-state index >= 15 is 0 Å². The second kappa shape index (κ2) is 10.3. The van der Waals surface area contributed by atoms with Crippen molar-refractivity contribution < 1.29 is 19.1 Å². The van der Waals surface area contributed by atoms with E-state index in [1.165, 1.54) is 0 Å². The van der Waals surface area contributed by atoms with E-state index in [9.17, 15) is 9.59 Å². The minimum atomic E-state index is -0.429. The maximum Gasteiger partial charge on any atom is 0.407 e. The lowest BCUT2D eigenvalue weighted by Gasteiger charge is -2.29. The number of alkyl carbamates (subject to hydrolysis) is 2. The normalized spacial score (nSPS) is 18.7. The molecule has 0 aliphatic heterocycles. The highest BCUT2D eigenvalue weighted by atomic mass is 16.6. The van der Waals surface area contributed by atoms with E-state index in [1.54, 1.807) is 0 Å². The van der Waals surface area contributed by atoms with Crippen molar-refractivity contribution in [2.75, 3.05) is 0 Å². The summed E-state index contributed by atoms with van der Waals surface area (Å²) in [7, 11) is 0. The topological polar surface area (TPSA) is 76.7 Å². The van der Waals surface area contributed by atoms with Gasteiger partial charge in [0, 0.05) is 12.1 Å². The highest BCUT2D eigenvalue weighted by Gasteiger charge is 2.25. The summed E-state index contributed by atoms with van der Waals surface area (Å²) >= 11 is 0. The molecule has 6 nitrogen and oxygen atoms in total. The van der Waals surface area contributed by atoms with E-state index < -0.39 is 12.2 Å². The van der Waals surface area contributed by atoms with Crippen molar-refractivity contribution in [2.45, 2.75) is 51.0 Å². The third-order valence-corrected chi connectivity index (χ3v) is 4.74. The zero-order valence-corrected chi connectivity index (χ0v) is 15.8. The molecule has 0 spiro atoms. The first-order chi connectivity index (χ1) is 13.7. The first-order valence-electron chi connectivity index (χ1n) is 9.63. The number of benzene rings is 2. The van der Waals surface area contributed by atoms with E-state index in [0.29, 0.717) is 6.42 Å². The molecule has 2 atom stereocenters. The molecule has 1 fully saturated rings. The van der Waals surface area contributed by atoms with Gasteiger partial charge in [-0.25, -0.2) is 9.59 Å². The van der Waals surface area contributed by atoms with Crippen LogP contribution in [0, 0.1) is 0 Å². The van der Waals surface area contributed by atoms with E-state index in [-0.39, 0.29) is 25.3 Å². The largest absolute Gasteiger partial charge is 0.445 e. The first kappa shape index (κ1) is 19.7. The van der Waals surface area contributed by atoms with Gasteiger partial charge < -0.3 is 20.1 Å². The number of rotatable bonds is 6. The summed E-state index contributed by atoms with van der Waals surface area (Å²) in [6.07, 6.45) is 2.48. The van der Waals surface area contributed by atoms with Crippen molar-refractivity contribution in [1.29, 1.82) is 0 Å². The molecule has 1 aliphatic carbocycles. The lowest BCUT2D eigenvalue weighted by atomic mass is 9.91. The van der Waals surface area contributed by atoms with Crippen molar-refractivity contribution in [3.05, 3.63) is 71.8 Å². The number of hydrogen-bond donors (Lipinski definition) is 2. The summed E-state index contributed by atoms with van der Waals surface area (Å²) < 4.78 is 10.5. The monoisotopic (exact) mass is 382 g/mol. The first-order valence-corrected chi connectivity index (χ1v) is 9.63. The van der Waals surface area contributed by atoms with Crippen molar-refractivity contribution in [1.82, 2.24) is 10.6 Å². The lowest BCUT2D eigenvalue weighted by Crippen LogP contribution is -2.46. The highest BCUT2D eigenvalue weighted by Crippen LogP contribution is 2.19. The Labute approximate surface area is 165 Å². The average molecular weight is 382 g/mol. The van der Waals surface area contributed by atoms with Crippen molar-refractivity contribution >= 4 is 12.2 Å². The van der Waals surface area contributed by atoms with Crippen molar-refractivity contribution in [2.24, 2.45) is 0 Å². The Morgan fingerprint density at radius 2 is 1.18 bits per heavy atom. The van der Waals surface area contributed by atoms with Crippen LogP contribution in [-0.4, -0.2) is 24.3 Å². The minimum absolute atomic E-state index is 0.0172. The number of amides is 2. The SMILES string of the molecule is O=C(NC1CCCC(NC(=O)OCc2ccccc2)C1)OCc1ccccc1. The van der Waals surface area contributed by atoms with Crippen molar-refractivity contribution in [3.8, 4) is 0 Å². The van der Waals surface area contributed by atoms with Crippen LogP contribution in [0.15, 0.2) is 60.7 Å². The zero-order valence-electron chi connectivity index (χ0n) is 15.8. The van der Waals surface area contributed by atoms with Gasteiger partial charge in [0.25, 0.3) is 0 Å². The Bertz CT molecular complexity index is 688. The zero-order chi connectivity index (χ0) is 19.6. The van der Waals surface area contributed by atoms with Gasteiger partial charge >= 0.3 is 12.2 Å². The fraction of sp³-hybridized carbons (Fsp3) is 0.364. The van der Waals surface area contributed by atoms with E-state index in [2.05, 4.69) is 10.6 Å². The number of nitrogens with one attached hydrogen (secondary N) is 2. The third-order valence-electron chi connectivity index (χ3n) is 4.74. The van der Waals surface area contributed by atoms with Crippen LogP contribution in [0.25, 0.3) is 0 Å². The lowest BCUT2D eigenvalue weighted by molar-refractivity contribution is 0.125. The molecule has 3 rings (SSSR count). The van der Waals surface area contributed by atoms with Gasteiger partial charge in [0.15, 0.2) is 0 Å². The van der Waals surface area contributed by atoms with Gasteiger partial charge in [0.05, 0.1) is 0 Å². The molecule has 1 saturated carbocycles. The van der Waals surface area contributed by atoms with Gasteiger partial charge in [-0.1, -0.05) is 60.7 Å². The van der Waals surface area contributed by atoms with Gasteiger partial charge in [-0.15, -0.1) is 0 Å². The molecule has 2 aromatic carbocycles. The molecule has 0 heterocycles. The summed E-state index contributed by atoms with van der Waals surface area (Å²) in [5, 5.41) is 5.79. The Kier molecular flexibility index (Phi) is 7.29. The average Bonchev–Trinajstić information content (AvgIpc) is 2.72. The quantitative estimate of drug-likeness (QED) is 0.787. The van der Waals surface area contributed by atoms with Crippen LogP contribution in [0.1, 0.15) is 36.8 Å². The molecule has 2 aromatic rings. The maximum absolute atomic E-state index is 12.0. The smallest absolute Gasteiger partial charge is 0.407 e. The summed E-state index contributed by atoms with van der Waals surface area (Å²) in [5.74, 6) is 0. The predicted molar refractivity (Wildman–Crippen MR) is 106 cm³/mol. The molecule has 148 valence electrons. The molecule has 1 aliphatic rings. The summed E-state index contributed by atoms with van der Waals surface area (Å²) in [4.78, 5) is 24.1. The molecule has 2 unspecified atom stereocenters. The number of ether oxygens (including phenoxy) is 2. The third kappa shape index (κ3) is 6.61. The van der Waals surface area contributed by atoms with Crippen LogP contribution in [0.3, 0.4) is 0 Å². The van der Waals surface area contributed by atoms with Crippen LogP contribution in [0.4, 0.5) is 9.59 Å². The fourth-order valence-corrected chi connectivity index (χ4v) is 3.31. The van der Waals surface area contributed by atoms with Crippen LogP contribution in [0.2, 0.25) is 0 Å². The van der Waals surface area contributed by atoms with Crippen molar-refractivity contribution in [3.63, 3.8) is 0 Å².